The van der Waals surface area contributed by atoms with Gasteiger partial charge in [0.15, 0.2) is 0 Å². The molecule has 0 unspecified atom stereocenters. The monoisotopic (exact) mass is 434 g/mol. The van der Waals surface area contributed by atoms with Crippen LogP contribution in [0.15, 0.2) is 66.0 Å². The molecule has 2 amide bonds. The number of carbonyl (C=O) groups excluding carboxylic acids is 2. The van der Waals surface area contributed by atoms with Gasteiger partial charge in [0.25, 0.3) is 0 Å². The van der Waals surface area contributed by atoms with Crippen molar-refractivity contribution >= 4 is 23.2 Å². The molecule has 0 spiro atoms. The number of methoxy groups -OCH3 is 1. The van der Waals surface area contributed by atoms with Gasteiger partial charge in [0.1, 0.15) is 5.75 Å². The van der Waals surface area contributed by atoms with Crippen LogP contribution in [-0.4, -0.2) is 43.5 Å². The lowest BCUT2D eigenvalue weighted by Crippen LogP contribution is -2.38. The Kier molecular flexibility index (Phi) is 6.67. The van der Waals surface area contributed by atoms with Crippen LogP contribution in [0.3, 0.4) is 0 Å². The summed E-state index contributed by atoms with van der Waals surface area (Å²) in [6, 6.07) is 19.9. The van der Waals surface area contributed by atoms with E-state index in [1.807, 2.05) is 47.4 Å². The molecular formula is C25H26N2O3S. The molecule has 1 saturated heterocycles. The molecule has 31 heavy (non-hydrogen) atoms. The molecule has 2 aromatic carbocycles. The summed E-state index contributed by atoms with van der Waals surface area (Å²) in [6.45, 7) is 1.44. The number of hydrogen-bond donors (Lipinski definition) is 1. The highest BCUT2D eigenvalue weighted by Gasteiger charge is 2.28. The maximum atomic E-state index is 13.0. The van der Waals surface area contributed by atoms with E-state index in [2.05, 4.69) is 28.9 Å². The van der Waals surface area contributed by atoms with E-state index in [1.54, 1.807) is 18.4 Å². The number of amides is 2. The lowest BCUT2D eigenvalue weighted by atomic mass is 9.94. The molecule has 6 heteroatoms. The normalized spacial score (nSPS) is 16.5. The highest BCUT2D eigenvalue weighted by atomic mass is 32.1. The van der Waals surface area contributed by atoms with Crippen molar-refractivity contribution in [2.24, 2.45) is 5.92 Å². The van der Waals surface area contributed by atoms with Crippen LogP contribution < -0.4 is 10.1 Å². The van der Waals surface area contributed by atoms with Gasteiger partial charge < -0.3 is 15.0 Å². The fourth-order valence-electron chi connectivity index (χ4n) is 3.95. The Bertz CT molecular complexity index is 1030. The molecule has 160 valence electrons. The summed E-state index contributed by atoms with van der Waals surface area (Å²) in [5, 5.41) is 5.05. The number of rotatable bonds is 6. The predicted molar refractivity (Wildman–Crippen MR) is 123 cm³/mol. The Morgan fingerprint density at radius 1 is 1.13 bits per heavy atom. The summed E-state index contributed by atoms with van der Waals surface area (Å²) < 4.78 is 5.19. The van der Waals surface area contributed by atoms with Crippen molar-refractivity contribution in [3.8, 4) is 16.2 Å². The number of ether oxygens (including phenoxy) is 1. The number of benzene rings is 2. The third-order valence-electron chi connectivity index (χ3n) is 5.63. The zero-order valence-corrected chi connectivity index (χ0v) is 18.4. The number of hydrogen-bond acceptors (Lipinski definition) is 4. The van der Waals surface area contributed by atoms with Crippen LogP contribution in [0.5, 0.6) is 5.75 Å². The molecule has 4 rings (SSSR count). The van der Waals surface area contributed by atoms with Crippen molar-refractivity contribution in [3.05, 3.63) is 77.2 Å². The maximum absolute atomic E-state index is 13.0. The molecular weight excluding hydrogens is 408 g/mol. The molecule has 1 aliphatic heterocycles. The topological polar surface area (TPSA) is 58.6 Å². The molecule has 1 aliphatic rings. The average Bonchev–Trinajstić information content (AvgIpc) is 3.26. The van der Waals surface area contributed by atoms with Crippen LogP contribution in [0.25, 0.3) is 10.4 Å². The Labute approximate surface area is 186 Å². The first-order valence-electron chi connectivity index (χ1n) is 10.4. The zero-order chi connectivity index (χ0) is 21.6. The van der Waals surface area contributed by atoms with E-state index in [0.717, 1.165) is 22.4 Å². The average molecular weight is 435 g/mol. The van der Waals surface area contributed by atoms with Gasteiger partial charge in [-0.25, -0.2) is 0 Å². The molecule has 0 aliphatic carbocycles. The molecule has 1 aromatic heterocycles. The highest BCUT2D eigenvalue weighted by molar-refractivity contribution is 7.13. The van der Waals surface area contributed by atoms with E-state index in [9.17, 15) is 9.59 Å². The number of nitrogens with one attached hydrogen (secondary N) is 1. The third kappa shape index (κ3) is 5.14. The van der Waals surface area contributed by atoms with Gasteiger partial charge in [-0.1, -0.05) is 42.5 Å². The molecule has 0 radical (unpaired) electrons. The largest absolute Gasteiger partial charge is 0.497 e. The lowest BCUT2D eigenvalue weighted by Gasteiger charge is -2.24. The lowest BCUT2D eigenvalue weighted by molar-refractivity contribution is -0.131. The first kappa shape index (κ1) is 21.1. The smallest absolute Gasteiger partial charge is 0.227 e. The van der Waals surface area contributed by atoms with Crippen molar-refractivity contribution in [1.29, 1.82) is 0 Å². The number of carbonyl (C=O) groups is 2. The Morgan fingerprint density at radius 2 is 1.94 bits per heavy atom. The highest BCUT2D eigenvalue weighted by Crippen LogP contribution is 2.30. The van der Waals surface area contributed by atoms with Crippen molar-refractivity contribution < 1.29 is 14.3 Å². The zero-order valence-electron chi connectivity index (χ0n) is 17.5. The van der Waals surface area contributed by atoms with Crippen LogP contribution >= 0.6 is 11.3 Å². The summed E-state index contributed by atoms with van der Waals surface area (Å²) in [4.78, 5) is 28.8. The minimum Gasteiger partial charge on any atom is -0.497 e. The molecule has 1 atom stereocenters. The van der Waals surface area contributed by atoms with Crippen molar-refractivity contribution in [2.45, 2.75) is 12.8 Å². The minimum atomic E-state index is -0.275. The van der Waals surface area contributed by atoms with Gasteiger partial charge in [0.2, 0.25) is 11.8 Å². The quantitative estimate of drug-likeness (QED) is 0.642. The number of thiophene rings is 1. The molecule has 0 saturated carbocycles. The van der Waals surface area contributed by atoms with E-state index in [4.69, 9.17) is 4.74 Å². The van der Waals surface area contributed by atoms with Gasteiger partial charge in [0, 0.05) is 24.5 Å². The predicted octanol–water partition coefficient (Wildman–Crippen LogP) is 3.78. The van der Waals surface area contributed by atoms with E-state index in [0.29, 0.717) is 32.5 Å². The Morgan fingerprint density at radius 3 is 2.68 bits per heavy atom. The van der Waals surface area contributed by atoms with Crippen molar-refractivity contribution in [1.82, 2.24) is 10.2 Å². The minimum absolute atomic E-state index is 0.0146. The molecule has 5 nitrogen and oxygen atoms in total. The van der Waals surface area contributed by atoms with Crippen molar-refractivity contribution in [3.63, 3.8) is 0 Å². The van der Waals surface area contributed by atoms with Crippen LogP contribution in [-0.2, 0) is 22.4 Å². The van der Waals surface area contributed by atoms with Crippen molar-refractivity contribution in [2.75, 3.05) is 26.7 Å². The first-order valence-corrected chi connectivity index (χ1v) is 11.3. The van der Waals surface area contributed by atoms with Crippen LogP contribution in [0.1, 0.15) is 11.1 Å². The van der Waals surface area contributed by atoms with E-state index >= 15 is 0 Å². The van der Waals surface area contributed by atoms with Gasteiger partial charge in [-0.15, -0.1) is 11.3 Å². The molecule has 3 aromatic rings. The van der Waals surface area contributed by atoms with Gasteiger partial charge in [0.05, 0.1) is 19.4 Å². The van der Waals surface area contributed by atoms with Gasteiger partial charge in [-0.3, -0.25) is 9.59 Å². The second kappa shape index (κ2) is 9.79. The Balaban J connectivity index is 1.48. The molecule has 1 fully saturated rings. The maximum Gasteiger partial charge on any atom is 0.227 e. The first-order chi connectivity index (χ1) is 15.1. The van der Waals surface area contributed by atoms with Gasteiger partial charge >= 0.3 is 0 Å². The SMILES string of the molecule is COc1ccc(CC(=O)N2CCNC(=O)[C@@H](Cc3ccccc3-c3cccs3)C2)cc1. The van der Waals surface area contributed by atoms with E-state index in [1.165, 1.54) is 4.88 Å². The van der Waals surface area contributed by atoms with Crippen LogP contribution in [0, 0.1) is 5.92 Å². The van der Waals surface area contributed by atoms with Crippen LogP contribution in [0.4, 0.5) is 0 Å². The van der Waals surface area contributed by atoms with E-state index in [-0.39, 0.29) is 17.7 Å². The van der Waals surface area contributed by atoms with Gasteiger partial charge in [-0.2, -0.15) is 0 Å². The fraction of sp³-hybridized carbons (Fsp3) is 0.280. The molecule has 1 N–H and O–H groups in total. The summed E-state index contributed by atoms with van der Waals surface area (Å²) >= 11 is 1.69. The van der Waals surface area contributed by atoms with Crippen LogP contribution in [0.2, 0.25) is 0 Å². The summed E-state index contributed by atoms with van der Waals surface area (Å²) in [6.07, 6.45) is 0.920. The summed E-state index contributed by atoms with van der Waals surface area (Å²) in [7, 11) is 1.62. The summed E-state index contributed by atoms with van der Waals surface area (Å²) in [5.41, 5.74) is 3.23. The fourth-order valence-corrected chi connectivity index (χ4v) is 4.74. The summed E-state index contributed by atoms with van der Waals surface area (Å²) in [5.74, 6) is 0.549. The van der Waals surface area contributed by atoms with E-state index < -0.39 is 0 Å². The standard InChI is InChI=1S/C25H26N2O3S/c1-30-21-10-8-18(9-11-21)15-24(28)27-13-12-26-25(29)20(17-27)16-19-5-2-3-6-22(19)23-7-4-14-31-23/h2-11,14,20H,12-13,15-17H2,1H3,(H,26,29)/t20-/m0/s1. The molecule has 2 heterocycles. The second-order valence-electron chi connectivity index (χ2n) is 7.69. The molecule has 0 bridgehead atoms. The third-order valence-corrected chi connectivity index (χ3v) is 6.53. The number of nitrogens with zero attached hydrogens (tertiary/aromatic N) is 1. The second-order valence-corrected chi connectivity index (χ2v) is 8.64. The van der Waals surface area contributed by atoms with Gasteiger partial charge in [-0.05, 0) is 46.7 Å². The Hall–Kier alpha value is -3.12.